The van der Waals surface area contributed by atoms with Crippen LogP contribution in [0.1, 0.15) is 19.3 Å². The van der Waals surface area contributed by atoms with Gasteiger partial charge in [-0.1, -0.05) is 15.9 Å². The standard InChI is InChI=1S/C9H11BrO/c10-8-3-4-9-7(6-8)2-1-5-11-9/h3-4,7H,1-2,5-6H2. The van der Waals surface area contributed by atoms with Crippen LogP contribution in [-0.4, -0.2) is 6.61 Å². The molecule has 0 bridgehead atoms. The monoisotopic (exact) mass is 214 g/mol. The Labute approximate surface area is 75.2 Å². The first-order valence-electron chi connectivity index (χ1n) is 4.05. The van der Waals surface area contributed by atoms with Crippen molar-refractivity contribution in [2.45, 2.75) is 19.3 Å². The van der Waals surface area contributed by atoms with Crippen molar-refractivity contribution in [1.82, 2.24) is 0 Å². The molecule has 1 heterocycles. The van der Waals surface area contributed by atoms with Crippen molar-refractivity contribution in [2.75, 3.05) is 6.61 Å². The van der Waals surface area contributed by atoms with E-state index in [9.17, 15) is 0 Å². The van der Waals surface area contributed by atoms with Crippen LogP contribution in [0, 0.1) is 5.92 Å². The number of rotatable bonds is 0. The van der Waals surface area contributed by atoms with E-state index in [1.54, 1.807) is 0 Å². The molecule has 0 aromatic carbocycles. The van der Waals surface area contributed by atoms with E-state index < -0.39 is 0 Å². The van der Waals surface area contributed by atoms with Gasteiger partial charge in [0.15, 0.2) is 0 Å². The van der Waals surface area contributed by atoms with Crippen LogP contribution in [0.25, 0.3) is 0 Å². The lowest BCUT2D eigenvalue weighted by atomic mass is 9.92. The maximum absolute atomic E-state index is 5.53. The van der Waals surface area contributed by atoms with E-state index in [0.29, 0.717) is 5.92 Å². The topological polar surface area (TPSA) is 9.23 Å². The average molecular weight is 215 g/mol. The summed E-state index contributed by atoms with van der Waals surface area (Å²) in [6.07, 6.45) is 7.82. The Morgan fingerprint density at radius 2 is 2.36 bits per heavy atom. The van der Waals surface area contributed by atoms with Crippen molar-refractivity contribution < 1.29 is 4.74 Å². The van der Waals surface area contributed by atoms with Crippen molar-refractivity contribution in [3.63, 3.8) is 0 Å². The lowest BCUT2D eigenvalue weighted by molar-refractivity contribution is 0.127. The first kappa shape index (κ1) is 7.41. The first-order valence-corrected chi connectivity index (χ1v) is 4.84. The molecule has 60 valence electrons. The second kappa shape index (κ2) is 3.02. The van der Waals surface area contributed by atoms with Crippen LogP contribution in [0.4, 0.5) is 0 Å². The van der Waals surface area contributed by atoms with E-state index in [0.717, 1.165) is 13.0 Å². The zero-order valence-corrected chi connectivity index (χ0v) is 7.93. The van der Waals surface area contributed by atoms with Gasteiger partial charge in [0.05, 0.1) is 12.4 Å². The Hall–Kier alpha value is -0.240. The number of hydrogen-bond acceptors (Lipinski definition) is 1. The summed E-state index contributed by atoms with van der Waals surface area (Å²) in [5, 5.41) is 0. The van der Waals surface area contributed by atoms with Gasteiger partial charge in [0, 0.05) is 5.92 Å². The predicted molar refractivity (Wildman–Crippen MR) is 48.4 cm³/mol. The zero-order chi connectivity index (χ0) is 7.68. The van der Waals surface area contributed by atoms with Gasteiger partial charge in [-0.2, -0.15) is 0 Å². The van der Waals surface area contributed by atoms with Gasteiger partial charge in [-0.05, 0) is 35.9 Å². The molecule has 0 saturated carbocycles. The summed E-state index contributed by atoms with van der Waals surface area (Å²) in [6, 6.07) is 0. The number of fused-ring (bicyclic) bond motifs is 1. The lowest BCUT2D eigenvalue weighted by Gasteiger charge is -2.27. The maximum Gasteiger partial charge on any atom is 0.0994 e. The minimum Gasteiger partial charge on any atom is -0.498 e. The fraction of sp³-hybridized carbons (Fsp3) is 0.556. The van der Waals surface area contributed by atoms with Crippen molar-refractivity contribution >= 4 is 15.9 Å². The molecule has 1 unspecified atom stereocenters. The number of halogens is 1. The lowest BCUT2D eigenvalue weighted by Crippen LogP contribution is -2.16. The molecule has 1 nitrogen and oxygen atoms in total. The Bertz CT molecular complexity index is 218. The van der Waals surface area contributed by atoms with Gasteiger partial charge in [0.25, 0.3) is 0 Å². The molecule has 1 atom stereocenters. The second-order valence-corrected chi connectivity index (χ2v) is 4.09. The Kier molecular flexibility index (Phi) is 2.03. The smallest absolute Gasteiger partial charge is 0.0994 e. The normalized spacial score (nSPS) is 29.7. The molecule has 1 fully saturated rings. The molecular formula is C9H11BrO. The Morgan fingerprint density at radius 1 is 1.45 bits per heavy atom. The molecule has 0 spiro atoms. The van der Waals surface area contributed by atoms with Crippen LogP contribution >= 0.6 is 15.9 Å². The summed E-state index contributed by atoms with van der Waals surface area (Å²) in [7, 11) is 0. The Morgan fingerprint density at radius 3 is 3.27 bits per heavy atom. The highest BCUT2D eigenvalue weighted by Crippen LogP contribution is 2.34. The molecule has 0 N–H and O–H groups in total. The predicted octanol–water partition coefficient (Wildman–Crippen LogP) is 2.98. The van der Waals surface area contributed by atoms with E-state index in [1.165, 1.54) is 23.1 Å². The van der Waals surface area contributed by atoms with Gasteiger partial charge in [0.2, 0.25) is 0 Å². The maximum atomic E-state index is 5.53. The molecule has 1 aliphatic heterocycles. The largest absolute Gasteiger partial charge is 0.498 e. The number of hydrogen-bond donors (Lipinski definition) is 0. The minimum absolute atomic E-state index is 0.656. The molecule has 0 aromatic rings. The van der Waals surface area contributed by atoms with Crippen LogP contribution in [0.2, 0.25) is 0 Å². The highest BCUT2D eigenvalue weighted by molar-refractivity contribution is 9.11. The third kappa shape index (κ3) is 1.51. The van der Waals surface area contributed by atoms with E-state index >= 15 is 0 Å². The fourth-order valence-electron chi connectivity index (χ4n) is 1.64. The molecule has 1 aliphatic carbocycles. The first-order chi connectivity index (χ1) is 5.36. The Balaban J connectivity index is 2.16. The van der Waals surface area contributed by atoms with Gasteiger partial charge >= 0.3 is 0 Å². The summed E-state index contributed by atoms with van der Waals surface area (Å²) >= 11 is 3.51. The number of ether oxygens (including phenoxy) is 1. The zero-order valence-electron chi connectivity index (χ0n) is 6.35. The van der Waals surface area contributed by atoms with E-state index in [2.05, 4.69) is 28.1 Å². The van der Waals surface area contributed by atoms with Crippen LogP contribution in [0.5, 0.6) is 0 Å². The SMILES string of the molecule is BrC1=CC=C2OCCCC2C1. The quantitative estimate of drug-likeness (QED) is 0.603. The highest BCUT2D eigenvalue weighted by Gasteiger charge is 2.22. The van der Waals surface area contributed by atoms with Crippen LogP contribution < -0.4 is 0 Å². The average Bonchev–Trinajstić information content (AvgIpc) is 2.04. The summed E-state index contributed by atoms with van der Waals surface area (Å²) in [5.41, 5.74) is 0. The third-order valence-corrected chi connectivity index (χ3v) is 2.83. The summed E-state index contributed by atoms with van der Waals surface area (Å²) in [5.74, 6) is 1.85. The summed E-state index contributed by atoms with van der Waals surface area (Å²) in [6.45, 7) is 0.911. The van der Waals surface area contributed by atoms with Crippen LogP contribution in [0.3, 0.4) is 0 Å². The van der Waals surface area contributed by atoms with Crippen LogP contribution in [-0.2, 0) is 4.74 Å². The highest BCUT2D eigenvalue weighted by atomic mass is 79.9. The molecule has 2 rings (SSSR count). The summed E-state index contributed by atoms with van der Waals surface area (Å²) in [4.78, 5) is 0. The molecular weight excluding hydrogens is 204 g/mol. The van der Waals surface area contributed by atoms with Crippen molar-refractivity contribution in [2.24, 2.45) is 5.92 Å². The van der Waals surface area contributed by atoms with E-state index in [-0.39, 0.29) is 0 Å². The fourth-order valence-corrected chi connectivity index (χ4v) is 2.17. The summed E-state index contributed by atoms with van der Waals surface area (Å²) < 4.78 is 6.83. The molecule has 11 heavy (non-hydrogen) atoms. The number of allylic oxidation sites excluding steroid dienone is 4. The molecule has 2 heteroatoms. The molecule has 2 aliphatic rings. The van der Waals surface area contributed by atoms with Crippen molar-refractivity contribution in [3.8, 4) is 0 Å². The third-order valence-electron chi connectivity index (χ3n) is 2.24. The minimum atomic E-state index is 0.656. The van der Waals surface area contributed by atoms with E-state index in [1.807, 2.05) is 0 Å². The van der Waals surface area contributed by atoms with E-state index in [4.69, 9.17) is 4.74 Å². The van der Waals surface area contributed by atoms with Crippen LogP contribution in [0.15, 0.2) is 22.4 Å². The van der Waals surface area contributed by atoms with Gasteiger partial charge in [-0.3, -0.25) is 0 Å². The van der Waals surface area contributed by atoms with Crippen molar-refractivity contribution in [1.29, 1.82) is 0 Å². The molecule has 0 aromatic heterocycles. The molecule has 0 amide bonds. The van der Waals surface area contributed by atoms with Gasteiger partial charge in [-0.15, -0.1) is 0 Å². The van der Waals surface area contributed by atoms with Gasteiger partial charge < -0.3 is 4.74 Å². The van der Waals surface area contributed by atoms with Crippen molar-refractivity contribution in [3.05, 3.63) is 22.4 Å². The van der Waals surface area contributed by atoms with Gasteiger partial charge in [-0.25, -0.2) is 0 Å². The van der Waals surface area contributed by atoms with Gasteiger partial charge in [0.1, 0.15) is 0 Å². The molecule has 0 radical (unpaired) electrons. The second-order valence-electron chi connectivity index (χ2n) is 3.07. The molecule has 1 saturated heterocycles.